The maximum absolute atomic E-state index is 6.44. The van der Waals surface area contributed by atoms with Gasteiger partial charge in [-0.05, 0) is 43.7 Å². The summed E-state index contributed by atoms with van der Waals surface area (Å²) in [6.45, 7) is 13.3. The molecule has 20 heavy (non-hydrogen) atoms. The lowest BCUT2D eigenvalue weighted by Gasteiger charge is -2.25. The molecule has 0 atom stereocenters. The fourth-order valence-electron chi connectivity index (χ4n) is 2.37. The van der Waals surface area contributed by atoms with E-state index in [0.29, 0.717) is 5.92 Å². The highest BCUT2D eigenvalue weighted by Gasteiger charge is 2.23. The van der Waals surface area contributed by atoms with Gasteiger partial charge < -0.3 is 5.32 Å². The molecule has 0 aliphatic carbocycles. The van der Waals surface area contributed by atoms with Crippen molar-refractivity contribution in [2.24, 2.45) is 18.4 Å². The fraction of sp³-hybridized carbons (Fsp3) is 0.812. The van der Waals surface area contributed by atoms with E-state index in [-0.39, 0.29) is 5.41 Å². The van der Waals surface area contributed by atoms with Crippen molar-refractivity contribution in [3.05, 3.63) is 16.4 Å². The summed E-state index contributed by atoms with van der Waals surface area (Å²) in [6, 6.07) is 0. The molecule has 0 amide bonds. The number of halogens is 1. The van der Waals surface area contributed by atoms with E-state index >= 15 is 0 Å². The van der Waals surface area contributed by atoms with Crippen LogP contribution in [0.1, 0.15) is 52.4 Å². The predicted molar refractivity (Wildman–Crippen MR) is 87.4 cm³/mol. The lowest BCUT2D eigenvalue weighted by molar-refractivity contribution is 0.315. The van der Waals surface area contributed by atoms with Gasteiger partial charge in [-0.1, -0.05) is 46.2 Å². The van der Waals surface area contributed by atoms with E-state index in [1.54, 1.807) is 0 Å². The van der Waals surface area contributed by atoms with Crippen LogP contribution in [0.2, 0.25) is 5.02 Å². The maximum atomic E-state index is 6.44. The van der Waals surface area contributed by atoms with Gasteiger partial charge in [0, 0.05) is 7.05 Å². The summed E-state index contributed by atoms with van der Waals surface area (Å²) >= 11 is 6.44. The maximum Gasteiger partial charge on any atom is 0.0849 e. The number of nitrogens with one attached hydrogen (secondary N) is 1. The van der Waals surface area contributed by atoms with Crippen molar-refractivity contribution in [3.63, 3.8) is 0 Å². The van der Waals surface area contributed by atoms with Gasteiger partial charge in [-0.15, -0.1) is 0 Å². The molecule has 1 aromatic rings. The van der Waals surface area contributed by atoms with E-state index in [9.17, 15) is 0 Å². The average molecular weight is 300 g/mol. The van der Waals surface area contributed by atoms with Gasteiger partial charge in [0.1, 0.15) is 0 Å². The Hall–Kier alpha value is -0.540. The molecule has 1 heterocycles. The molecule has 1 aromatic heterocycles. The van der Waals surface area contributed by atoms with Gasteiger partial charge in [-0.25, -0.2) is 0 Å². The minimum Gasteiger partial charge on any atom is -0.316 e. The van der Waals surface area contributed by atoms with Gasteiger partial charge in [0.15, 0.2) is 0 Å². The Bertz CT molecular complexity index is 422. The van der Waals surface area contributed by atoms with Crippen molar-refractivity contribution in [3.8, 4) is 0 Å². The molecule has 0 aliphatic heterocycles. The van der Waals surface area contributed by atoms with E-state index in [2.05, 4.69) is 45.0 Å². The van der Waals surface area contributed by atoms with Crippen LogP contribution >= 0.6 is 11.6 Å². The smallest absolute Gasteiger partial charge is 0.0849 e. The van der Waals surface area contributed by atoms with Crippen molar-refractivity contribution < 1.29 is 0 Å². The van der Waals surface area contributed by atoms with E-state index < -0.39 is 0 Å². The molecular formula is C16H30ClN3. The van der Waals surface area contributed by atoms with Crippen molar-refractivity contribution in [1.82, 2.24) is 15.1 Å². The summed E-state index contributed by atoms with van der Waals surface area (Å²) < 4.78 is 1.95. The fourth-order valence-corrected chi connectivity index (χ4v) is 2.73. The Labute approximate surface area is 129 Å². The highest BCUT2D eigenvalue weighted by atomic mass is 35.5. The number of hydrogen-bond acceptors (Lipinski definition) is 2. The third kappa shape index (κ3) is 5.10. The van der Waals surface area contributed by atoms with Gasteiger partial charge in [0.25, 0.3) is 0 Å². The van der Waals surface area contributed by atoms with Crippen molar-refractivity contribution in [2.75, 3.05) is 13.1 Å². The summed E-state index contributed by atoms with van der Waals surface area (Å²) in [6.07, 6.45) is 3.00. The Morgan fingerprint density at radius 2 is 2.00 bits per heavy atom. The van der Waals surface area contributed by atoms with Crippen LogP contribution in [0, 0.1) is 11.3 Å². The Morgan fingerprint density at radius 1 is 1.35 bits per heavy atom. The first-order chi connectivity index (χ1) is 9.26. The summed E-state index contributed by atoms with van der Waals surface area (Å²) in [5.41, 5.74) is 2.40. The third-order valence-corrected chi connectivity index (χ3v) is 4.12. The predicted octanol–water partition coefficient (Wildman–Crippen LogP) is 3.84. The van der Waals surface area contributed by atoms with Gasteiger partial charge >= 0.3 is 0 Å². The minimum absolute atomic E-state index is 0.229. The molecule has 1 rings (SSSR count). The van der Waals surface area contributed by atoms with Crippen molar-refractivity contribution in [1.29, 1.82) is 0 Å². The van der Waals surface area contributed by atoms with Crippen LogP contribution in [0.3, 0.4) is 0 Å². The normalized spacial score (nSPS) is 12.4. The monoisotopic (exact) mass is 299 g/mol. The first kappa shape index (κ1) is 17.5. The number of rotatable bonds is 8. The molecular weight excluding hydrogens is 270 g/mol. The second-order valence-corrected chi connectivity index (χ2v) is 7.25. The summed E-state index contributed by atoms with van der Waals surface area (Å²) in [5, 5.41) is 8.88. The SMILES string of the molecule is CCc1nn(C)c(CC(C)(C)CCNCC(C)C)c1Cl. The molecule has 0 saturated heterocycles. The van der Waals surface area contributed by atoms with E-state index in [1.807, 2.05) is 11.7 Å². The van der Waals surface area contributed by atoms with Gasteiger partial charge in [-0.2, -0.15) is 5.10 Å². The summed E-state index contributed by atoms with van der Waals surface area (Å²) in [5.74, 6) is 0.705. The molecule has 0 saturated carbocycles. The Balaban J connectivity index is 2.59. The number of nitrogens with zero attached hydrogens (tertiary/aromatic N) is 2. The van der Waals surface area contributed by atoms with Crippen LogP contribution < -0.4 is 5.32 Å². The number of aryl methyl sites for hydroxylation is 2. The molecule has 0 bridgehead atoms. The topological polar surface area (TPSA) is 29.9 Å². The van der Waals surface area contributed by atoms with Crippen molar-refractivity contribution >= 4 is 11.6 Å². The van der Waals surface area contributed by atoms with Crippen LogP contribution in [0.25, 0.3) is 0 Å². The van der Waals surface area contributed by atoms with E-state index in [0.717, 1.165) is 48.8 Å². The lowest BCUT2D eigenvalue weighted by Crippen LogP contribution is -2.27. The van der Waals surface area contributed by atoms with Crippen LogP contribution in [0.15, 0.2) is 0 Å². The minimum atomic E-state index is 0.229. The molecule has 0 spiro atoms. The number of aromatic nitrogens is 2. The second-order valence-electron chi connectivity index (χ2n) is 6.87. The molecule has 0 fully saturated rings. The van der Waals surface area contributed by atoms with Gasteiger partial charge in [0.05, 0.1) is 16.4 Å². The molecule has 116 valence electrons. The zero-order valence-corrected chi connectivity index (χ0v) is 14.6. The van der Waals surface area contributed by atoms with Crippen LogP contribution in [0.4, 0.5) is 0 Å². The van der Waals surface area contributed by atoms with Crippen LogP contribution in [0.5, 0.6) is 0 Å². The lowest BCUT2D eigenvalue weighted by atomic mass is 9.84. The second kappa shape index (κ2) is 7.46. The highest BCUT2D eigenvalue weighted by Crippen LogP contribution is 2.30. The molecule has 1 N–H and O–H groups in total. The molecule has 0 radical (unpaired) electrons. The van der Waals surface area contributed by atoms with Gasteiger partial charge in [-0.3, -0.25) is 4.68 Å². The Morgan fingerprint density at radius 3 is 2.50 bits per heavy atom. The third-order valence-electron chi connectivity index (χ3n) is 3.68. The largest absolute Gasteiger partial charge is 0.316 e. The van der Waals surface area contributed by atoms with Crippen molar-refractivity contribution in [2.45, 2.75) is 53.9 Å². The van der Waals surface area contributed by atoms with Crippen LogP contribution in [-0.2, 0) is 19.9 Å². The molecule has 4 heteroatoms. The zero-order chi connectivity index (χ0) is 15.3. The molecule has 3 nitrogen and oxygen atoms in total. The van der Waals surface area contributed by atoms with Gasteiger partial charge in [0.2, 0.25) is 0 Å². The molecule has 0 unspecified atom stereocenters. The molecule has 0 aromatic carbocycles. The van der Waals surface area contributed by atoms with E-state index in [4.69, 9.17) is 11.6 Å². The molecule has 0 aliphatic rings. The summed E-state index contributed by atoms with van der Waals surface area (Å²) in [7, 11) is 1.99. The van der Waals surface area contributed by atoms with E-state index in [1.165, 1.54) is 0 Å². The number of hydrogen-bond donors (Lipinski definition) is 1. The Kier molecular flexibility index (Phi) is 6.53. The quantitative estimate of drug-likeness (QED) is 0.739. The summed E-state index contributed by atoms with van der Waals surface area (Å²) in [4.78, 5) is 0. The average Bonchev–Trinajstić information content (AvgIpc) is 2.61. The van der Waals surface area contributed by atoms with Crippen LogP contribution in [-0.4, -0.2) is 22.9 Å². The first-order valence-corrected chi connectivity index (χ1v) is 8.05. The highest BCUT2D eigenvalue weighted by molar-refractivity contribution is 6.31. The zero-order valence-electron chi connectivity index (χ0n) is 13.9. The first-order valence-electron chi connectivity index (χ1n) is 7.67. The standard InChI is InChI=1S/C16H30ClN3/c1-7-13-15(17)14(20(6)19-13)10-16(4,5)8-9-18-11-12(2)3/h12,18H,7-11H2,1-6H3.